The fraction of sp³-hybridized carbons (Fsp3) is 0.600. The normalized spacial score (nSPS) is 21.7. The molecule has 82 valence electrons. The zero-order chi connectivity index (χ0) is 10.7. The number of H-pyrrole nitrogens is 1. The van der Waals surface area contributed by atoms with Crippen LogP contribution < -0.4 is 15.8 Å². The van der Waals surface area contributed by atoms with Crippen molar-refractivity contribution >= 4 is 5.69 Å². The fourth-order valence-electron chi connectivity index (χ4n) is 1.99. The van der Waals surface area contributed by atoms with Gasteiger partial charge in [-0.25, -0.2) is 5.10 Å². The molecule has 0 saturated carbocycles. The van der Waals surface area contributed by atoms with E-state index >= 15 is 0 Å². The van der Waals surface area contributed by atoms with Crippen LogP contribution in [0.15, 0.2) is 17.1 Å². The number of nitrogens with one attached hydrogen (secondary N) is 2. The molecule has 0 aliphatic carbocycles. The first-order valence-corrected chi connectivity index (χ1v) is 5.33. The highest BCUT2D eigenvalue weighted by molar-refractivity contribution is 5.44. The molecule has 0 radical (unpaired) electrons. The Morgan fingerprint density at radius 2 is 2.53 bits per heavy atom. The maximum Gasteiger partial charge on any atom is 0.266 e. The van der Waals surface area contributed by atoms with Gasteiger partial charge in [0, 0.05) is 31.7 Å². The third-order valence-electron chi connectivity index (χ3n) is 2.80. The highest BCUT2D eigenvalue weighted by atomic mass is 16.1. The predicted octanol–water partition coefficient (Wildman–Crippen LogP) is -0.0419. The van der Waals surface area contributed by atoms with E-state index in [0.717, 1.165) is 31.7 Å². The molecular weight excluding hydrogens is 192 g/mol. The molecule has 2 N–H and O–H groups in total. The van der Waals surface area contributed by atoms with Crippen LogP contribution in [0.3, 0.4) is 0 Å². The van der Waals surface area contributed by atoms with Crippen molar-refractivity contribution in [3.8, 4) is 0 Å². The first-order valence-electron chi connectivity index (χ1n) is 5.33. The number of nitrogens with zero attached hydrogens (tertiary/aromatic N) is 2. The van der Waals surface area contributed by atoms with Gasteiger partial charge in [-0.15, -0.1) is 0 Å². The first-order chi connectivity index (χ1) is 7.31. The third kappa shape index (κ3) is 2.18. The summed E-state index contributed by atoms with van der Waals surface area (Å²) in [4.78, 5) is 13.4. The Balaban J connectivity index is 2.24. The van der Waals surface area contributed by atoms with Gasteiger partial charge in [-0.1, -0.05) is 6.92 Å². The maximum atomic E-state index is 11.2. The molecule has 0 bridgehead atoms. The van der Waals surface area contributed by atoms with Crippen LogP contribution in [0, 0.1) is 0 Å². The molecule has 15 heavy (non-hydrogen) atoms. The smallest absolute Gasteiger partial charge is 0.266 e. The topological polar surface area (TPSA) is 61.0 Å². The molecule has 2 heterocycles. The zero-order valence-electron chi connectivity index (χ0n) is 8.86. The van der Waals surface area contributed by atoms with Crippen molar-refractivity contribution in [3.05, 3.63) is 22.6 Å². The minimum Gasteiger partial charge on any atom is -0.365 e. The van der Waals surface area contributed by atoms with E-state index in [4.69, 9.17) is 0 Å². The van der Waals surface area contributed by atoms with Crippen LogP contribution in [0.4, 0.5) is 5.69 Å². The largest absolute Gasteiger partial charge is 0.365 e. The van der Waals surface area contributed by atoms with Crippen molar-refractivity contribution in [1.29, 1.82) is 0 Å². The van der Waals surface area contributed by atoms with Gasteiger partial charge in [-0.2, -0.15) is 5.10 Å². The summed E-state index contributed by atoms with van der Waals surface area (Å²) < 4.78 is 0. The van der Waals surface area contributed by atoms with Crippen molar-refractivity contribution in [1.82, 2.24) is 15.5 Å². The van der Waals surface area contributed by atoms with Gasteiger partial charge in [0.2, 0.25) is 0 Å². The lowest BCUT2D eigenvalue weighted by molar-refractivity contribution is 0.465. The molecule has 1 aliphatic rings. The Kier molecular flexibility index (Phi) is 3.01. The van der Waals surface area contributed by atoms with Crippen LogP contribution in [0.1, 0.15) is 13.3 Å². The average molecular weight is 208 g/mol. The molecule has 5 heteroatoms. The van der Waals surface area contributed by atoms with Gasteiger partial charge in [0.15, 0.2) is 0 Å². The van der Waals surface area contributed by atoms with Crippen LogP contribution in [0.2, 0.25) is 0 Å². The van der Waals surface area contributed by atoms with Crippen molar-refractivity contribution < 1.29 is 0 Å². The number of aromatic nitrogens is 2. The summed E-state index contributed by atoms with van der Waals surface area (Å²) in [6.45, 7) is 5.03. The number of anilines is 1. The standard InChI is InChI=1S/C10H16N4O/c1-2-8-6-11-3-4-14(8)9-5-10(15)13-12-7-9/h5,7-8,11H,2-4,6H2,1H3,(H,13,15)/t8-/m1/s1. The van der Waals surface area contributed by atoms with Crippen molar-refractivity contribution in [2.45, 2.75) is 19.4 Å². The summed E-state index contributed by atoms with van der Waals surface area (Å²) in [5.74, 6) is 0. The SMILES string of the molecule is CC[C@@H]1CNCCN1c1cn[nH]c(=O)c1. The molecule has 1 atom stereocenters. The summed E-state index contributed by atoms with van der Waals surface area (Å²) >= 11 is 0. The van der Waals surface area contributed by atoms with E-state index in [1.807, 2.05) is 0 Å². The van der Waals surface area contributed by atoms with E-state index in [0.29, 0.717) is 6.04 Å². The van der Waals surface area contributed by atoms with Gasteiger partial charge in [-0.3, -0.25) is 4.79 Å². The number of piperazine rings is 1. The van der Waals surface area contributed by atoms with Crippen LogP contribution in [0.5, 0.6) is 0 Å². The molecule has 1 fully saturated rings. The lowest BCUT2D eigenvalue weighted by Crippen LogP contribution is -2.51. The third-order valence-corrected chi connectivity index (χ3v) is 2.80. The summed E-state index contributed by atoms with van der Waals surface area (Å²) in [5, 5.41) is 9.58. The molecule has 0 aromatic carbocycles. The predicted molar refractivity (Wildman–Crippen MR) is 59.2 cm³/mol. The van der Waals surface area contributed by atoms with Gasteiger partial charge in [0.1, 0.15) is 0 Å². The Morgan fingerprint density at radius 3 is 3.27 bits per heavy atom. The Bertz CT molecular complexity index is 376. The second-order valence-electron chi connectivity index (χ2n) is 3.76. The molecule has 0 amide bonds. The van der Waals surface area contributed by atoms with Crippen molar-refractivity contribution in [2.75, 3.05) is 24.5 Å². The van der Waals surface area contributed by atoms with E-state index < -0.39 is 0 Å². The quantitative estimate of drug-likeness (QED) is 0.716. The second kappa shape index (κ2) is 4.44. The minimum atomic E-state index is -0.138. The summed E-state index contributed by atoms with van der Waals surface area (Å²) in [6, 6.07) is 2.07. The van der Waals surface area contributed by atoms with Gasteiger partial charge in [0.05, 0.1) is 11.9 Å². The molecular formula is C10H16N4O. The molecule has 1 saturated heterocycles. The lowest BCUT2D eigenvalue weighted by atomic mass is 10.1. The zero-order valence-corrected chi connectivity index (χ0v) is 8.86. The molecule has 5 nitrogen and oxygen atoms in total. The van der Waals surface area contributed by atoms with E-state index in [-0.39, 0.29) is 5.56 Å². The molecule has 1 aromatic heterocycles. The molecule has 0 spiro atoms. The molecule has 0 unspecified atom stereocenters. The van der Waals surface area contributed by atoms with E-state index in [9.17, 15) is 4.79 Å². The van der Waals surface area contributed by atoms with E-state index in [1.165, 1.54) is 0 Å². The second-order valence-corrected chi connectivity index (χ2v) is 3.76. The summed E-state index contributed by atoms with van der Waals surface area (Å²) in [7, 11) is 0. The van der Waals surface area contributed by atoms with Gasteiger partial charge in [-0.05, 0) is 6.42 Å². The molecule has 1 aromatic rings. The summed E-state index contributed by atoms with van der Waals surface area (Å²) in [6.07, 6.45) is 2.79. The minimum absolute atomic E-state index is 0.138. The van der Waals surface area contributed by atoms with E-state index in [1.54, 1.807) is 12.3 Å². The monoisotopic (exact) mass is 208 g/mol. The number of aromatic amines is 1. The van der Waals surface area contributed by atoms with E-state index in [2.05, 4.69) is 27.3 Å². The van der Waals surface area contributed by atoms with Crippen molar-refractivity contribution in [3.63, 3.8) is 0 Å². The fourth-order valence-corrected chi connectivity index (χ4v) is 1.99. The first kappa shape index (κ1) is 10.2. The highest BCUT2D eigenvalue weighted by Crippen LogP contribution is 2.16. The van der Waals surface area contributed by atoms with Crippen molar-refractivity contribution in [2.24, 2.45) is 0 Å². The highest BCUT2D eigenvalue weighted by Gasteiger charge is 2.20. The molecule has 1 aliphatic heterocycles. The molecule has 2 rings (SSSR count). The van der Waals surface area contributed by atoms with Gasteiger partial charge in [0.25, 0.3) is 5.56 Å². The van der Waals surface area contributed by atoms with Crippen LogP contribution in [-0.2, 0) is 0 Å². The average Bonchev–Trinajstić information content (AvgIpc) is 2.29. The van der Waals surface area contributed by atoms with Crippen LogP contribution >= 0.6 is 0 Å². The van der Waals surface area contributed by atoms with Crippen LogP contribution in [0.25, 0.3) is 0 Å². The Labute approximate surface area is 88.5 Å². The lowest BCUT2D eigenvalue weighted by Gasteiger charge is -2.37. The van der Waals surface area contributed by atoms with Gasteiger partial charge >= 0.3 is 0 Å². The maximum absolute atomic E-state index is 11.2. The van der Waals surface area contributed by atoms with Crippen LogP contribution in [-0.4, -0.2) is 35.9 Å². The Morgan fingerprint density at radius 1 is 1.67 bits per heavy atom. The number of rotatable bonds is 2. The Hall–Kier alpha value is -1.36. The summed E-state index contributed by atoms with van der Waals surface area (Å²) in [5.41, 5.74) is 0.785. The number of hydrogen-bond donors (Lipinski definition) is 2. The number of hydrogen-bond acceptors (Lipinski definition) is 4. The van der Waals surface area contributed by atoms with Gasteiger partial charge < -0.3 is 10.2 Å².